The van der Waals surface area contributed by atoms with Crippen molar-refractivity contribution in [1.82, 2.24) is 18.7 Å². The molecule has 26 heavy (non-hydrogen) atoms. The van der Waals surface area contributed by atoms with Crippen molar-refractivity contribution in [3.63, 3.8) is 0 Å². The van der Waals surface area contributed by atoms with Crippen LogP contribution >= 0.6 is 0 Å². The number of nitrogens with one attached hydrogen (secondary N) is 1. The molecule has 2 heterocycles. The van der Waals surface area contributed by atoms with Crippen LogP contribution in [0.1, 0.15) is 12.0 Å². The number of benzene rings is 1. The number of nitrogens with zero attached hydrogens (tertiary/aromatic N) is 4. The molecule has 0 aliphatic carbocycles. The van der Waals surface area contributed by atoms with Gasteiger partial charge in [-0.2, -0.15) is 4.98 Å². The summed E-state index contributed by atoms with van der Waals surface area (Å²) in [5.74, 6) is 0.0841. The van der Waals surface area contributed by atoms with E-state index < -0.39 is 11.2 Å². The topological polar surface area (TPSA) is 99.9 Å². The van der Waals surface area contributed by atoms with E-state index in [0.717, 1.165) is 11.0 Å². The predicted octanol–water partition coefficient (Wildman–Crippen LogP) is 0.382. The third kappa shape index (κ3) is 3.13. The predicted molar refractivity (Wildman–Crippen MR) is 97.9 cm³/mol. The first-order chi connectivity index (χ1) is 12.4. The number of hydrogen-bond donors (Lipinski definition) is 2. The fraction of sp³-hybridized carbons (Fsp3) is 0.353. The Morgan fingerprint density at radius 3 is 2.69 bits per heavy atom. The van der Waals surface area contributed by atoms with E-state index in [-0.39, 0.29) is 23.5 Å². The van der Waals surface area contributed by atoms with Crippen LogP contribution in [-0.2, 0) is 20.6 Å². The minimum Gasteiger partial charge on any atom is -0.356 e. The van der Waals surface area contributed by atoms with E-state index in [1.807, 2.05) is 0 Å². The van der Waals surface area contributed by atoms with Gasteiger partial charge in [-0.05, 0) is 30.7 Å². The SMILES string of the molecule is Cn1c(=O)c2c(nc(NCCCN)n2Cc2cccc(F)c2)n(C)c1=O. The first-order valence-electron chi connectivity index (χ1n) is 8.28. The number of fused-ring (bicyclic) bond motifs is 1. The van der Waals surface area contributed by atoms with Gasteiger partial charge in [0.25, 0.3) is 5.56 Å². The minimum absolute atomic E-state index is 0.243. The number of halogens is 1. The molecule has 3 aromatic rings. The summed E-state index contributed by atoms with van der Waals surface area (Å²) in [5.41, 5.74) is 5.88. The van der Waals surface area contributed by atoms with Crippen molar-refractivity contribution < 1.29 is 4.39 Å². The summed E-state index contributed by atoms with van der Waals surface area (Å²) < 4.78 is 17.6. The van der Waals surface area contributed by atoms with E-state index in [9.17, 15) is 14.0 Å². The van der Waals surface area contributed by atoms with Gasteiger partial charge in [-0.1, -0.05) is 12.1 Å². The van der Waals surface area contributed by atoms with E-state index in [2.05, 4.69) is 10.3 Å². The average Bonchev–Trinajstić information content (AvgIpc) is 2.97. The van der Waals surface area contributed by atoms with Crippen molar-refractivity contribution in [3.05, 3.63) is 56.5 Å². The lowest BCUT2D eigenvalue weighted by atomic mass is 10.2. The maximum atomic E-state index is 13.6. The molecule has 3 N–H and O–H groups in total. The molecule has 3 rings (SSSR count). The summed E-state index contributed by atoms with van der Waals surface area (Å²) in [5, 5.41) is 3.15. The fourth-order valence-electron chi connectivity index (χ4n) is 2.86. The Labute approximate surface area is 148 Å². The molecule has 0 fully saturated rings. The molecule has 8 nitrogen and oxygen atoms in total. The number of hydrogen-bond acceptors (Lipinski definition) is 5. The molecule has 0 spiro atoms. The van der Waals surface area contributed by atoms with Crippen LogP contribution in [0.5, 0.6) is 0 Å². The second-order valence-electron chi connectivity index (χ2n) is 6.10. The summed E-state index contributed by atoms with van der Waals surface area (Å²) in [4.78, 5) is 29.3. The van der Waals surface area contributed by atoms with Crippen molar-refractivity contribution in [2.24, 2.45) is 19.8 Å². The molecule has 1 aromatic carbocycles. The summed E-state index contributed by atoms with van der Waals surface area (Å²) in [6.07, 6.45) is 0.722. The largest absolute Gasteiger partial charge is 0.356 e. The Bertz CT molecular complexity index is 1070. The maximum absolute atomic E-state index is 13.6. The fourth-order valence-corrected chi connectivity index (χ4v) is 2.86. The van der Waals surface area contributed by atoms with Crippen molar-refractivity contribution in [2.75, 3.05) is 18.4 Å². The Hall–Kier alpha value is -2.94. The van der Waals surface area contributed by atoms with Crippen LogP contribution in [0.25, 0.3) is 11.2 Å². The van der Waals surface area contributed by atoms with E-state index >= 15 is 0 Å². The summed E-state index contributed by atoms with van der Waals surface area (Å²) in [6, 6.07) is 6.14. The zero-order valence-electron chi connectivity index (χ0n) is 14.7. The van der Waals surface area contributed by atoms with Crippen molar-refractivity contribution in [1.29, 1.82) is 0 Å². The molecule has 0 bridgehead atoms. The highest BCUT2D eigenvalue weighted by atomic mass is 19.1. The van der Waals surface area contributed by atoms with Gasteiger partial charge in [0.15, 0.2) is 11.2 Å². The highest BCUT2D eigenvalue weighted by Gasteiger charge is 2.19. The molecule has 138 valence electrons. The van der Waals surface area contributed by atoms with E-state index in [1.54, 1.807) is 23.7 Å². The lowest BCUT2D eigenvalue weighted by molar-refractivity contribution is 0.624. The molecular formula is C17H21FN6O2. The molecule has 0 saturated carbocycles. The number of nitrogens with two attached hydrogens (primary N) is 1. The molecule has 0 amide bonds. The Morgan fingerprint density at radius 2 is 2.00 bits per heavy atom. The molecular weight excluding hydrogens is 339 g/mol. The third-order valence-corrected chi connectivity index (χ3v) is 4.24. The van der Waals surface area contributed by atoms with E-state index in [0.29, 0.717) is 24.6 Å². The maximum Gasteiger partial charge on any atom is 0.332 e. The first kappa shape index (κ1) is 17.9. The molecule has 9 heteroatoms. The Morgan fingerprint density at radius 1 is 1.23 bits per heavy atom. The second-order valence-corrected chi connectivity index (χ2v) is 6.10. The molecule has 0 aliphatic heterocycles. The first-order valence-corrected chi connectivity index (χ1v) is 8.28. The molecule has 0 atom stereocenters. The standard InChI is InChI=1S/C17H21FN6O2/c1-22-14-13(15(25)23(2)17(22)26)24(16(21-14)20-8-4-7-19)10-11-5-3-6-12(18)9-11/h3,5-6,9H,4,7-8,10,19H2,1-2H3,(H,20,21). The van der Waals surface area contributed by atoms with E-state index in [4.69, 9.17) is 5.73 Å². The van der Waals surface area contributed by atoms with Crippen LogP contribution in [0, 0.1) is 5.82 Å². The van der Waals surface area contributed by atoms with Crippen molar-refractivity contribution >= 4 is 17.1 Å². The van der Waals surface area contributed by atoms with Crippen molar-refractivity contribution in [3.8, 4) is 0 Å². The second kappa shape index (κ2) is 7.12. The quantitative estimate of drug-likeness (QED) is 0.619. The molecule has 0 unspecified atom stereocenters. The molecule has 0 radical (unpaired) electrons. The van der Waals surface area contributed by atoms with Gasteiger partial charge in [0.1, 0.15) is 5.82 Å². The van der Waals surface area contributed by atoms with Gasteiger partial charge in [0.05, 0.1) is 6.54 Å². The van der Waals surface area contributed by atoms with Gasteiger partial charge in [0.2, 0.25) is 5.95 Å². The van der Waals surface area contributed by atoms with Crippen LogP contribution < -0.4 is 22.3 Å². The van der Waals surface area contributed by atoms with Crippen molar-refractivity contribution in [2.45, 2.75) is 13.0 Å². The van der Waals surface area contributed by atoms with Gasteiger partial charge in [-0.15, -0.1) is 0 Å². The van der Waals surface area contributed by atoms with Crippen LogP contribution in [0.3, 0.4) is 0 Å². The number of rotatable bonds is 6. The summed E-state index contributed by atoms with van der Waals surface area (Å²) in [7, 11) is 2.98. The number of aryl methyl sites for hydroxylation is 1. The number of aromatic nitrogens is 4. The molecule has 2 aromatic heterocycles. The lowest BCUT2D eigenvalue weighted by Gasteiger charge is -2.11. The highest BCUT2D eigenvalue weighted by molar-refractivity contribution is 5.74. The molecule has 0 saturated heterocycles. The van der Waals surface area contributed by atoms with Gasteiger partial charge in [-0.25, -0.2) is 9.18 Å². The third-order valence-electron chi connectivity index (χ3n) is 4.24. The average molecular weight is 360 g/mol. The van der Waals surface area contributed by atoms with Crippen LogP contribution in [0.2, 0.25) is 0 Å². The zero-order chi connectivity index (χ0) is 18.8. The minimum atomic E-state index is -0.452. The highest BCUT2D eigenvalue weighted by Crippen LogP contribution is 2.18. The van der Waals surface area contributed by atoms with Crippen LogP contribution in [-0.4, -0.2) is 31.8 Å². The van der Waals surface area contributed by atoms with Gasteiger partial charge < -0.3 is 11.1 Å². The Balaban J connectivity index is 2.21. The number of anilines is 1. The summed E-state index contributed by atoms with van der Waals surface area (Å²) >= 11 is 0. The van der Waals surface area contributed by atoms with Gasteiger partial charge >= 0.3 is 5.69 Å². The van der Waals surface area contributed by atoms with Crippen LogP contribution in [0.15, 0.2) is 33.9 Å². The smallest absolute Gasteiger partial charge is 0.332 e. The monoisotopic (exact) mass is 360 g/mol. The van der Waals surface area contributed by atoms with Gasteiger partial charge in [-0.3, -0.25) is 18.5 Å². The number of imidazole rings is 1. The Kier molecular flexibility index (Phi) is 4.90. The van der Waals surface area contributed by atoms with E-state index in [1.165, 1.54) is 23.7 Å². The van der Waals surface area contributed by atoms with Crippen LogP contribution in [0.4, 0.5) is 10.3 Å². The lowest BCUT2D eigenvalue weighted by Crippen LogP contribution is -2.37. The molecule has 0 aliphatic rings. The zero-order valence-corrected chi connectivity index (χ0v) is 14.7. The van der Waals surface area contributed by atoms with Gasteiger partial charge in [0, 0.05) is 20.6 Å². The normalized spacial score (nSPS) is 11.2. The summed E-state index contributed by atoms with van der Waals surface area (Å²) in [6.45, 7) is 1.32.